The lowest BCUT2D eigenvalue weighted by atomic mass is 10.1. The predicted molar refractivity (Wildman–Crippen MR) is 119 cm³/mol. The number of aromatic nitrogens is 1. The minimum absolute atomic E-state index is 0.0775. The topological polar surface area (TPSA) is 86.1 Å². The Morgan fingerprint density at radius 1 is 1.23 bits per heavy atom. The second kappa shape index (κ2) is 9.78. The van der Waals surface area contributed by atoms with Crippen molar-refractivity contribution in [3.05, 3.63) is 76.6 Å². The molecule has 0 radical (unpaired) electrons. The van der Waals surface area contributed by atoms with E-state index in [1.807, 2.05) is 25.1 Å². The first kappa shape index (κ1) is 21.9. The molecule has 3 aromatic rings. The third kappa shape index (κ3) is 5.21. The number of nitriles is 1. The lowest BCUT2D eigenvalue weighted by molar-refractivity contribution is -0.116. The van der Waals surface area contributed by atoms with Crippen molar-refractivity contribution in [1.29, 1.82) is 5.26 Å². The number of amides is 2. The molecule has 2 aromatic carbocycles. The summed E-state index contributed by atoms with van der Waals surface area (Å²) in [5.41, 5.74) is 1.96. The Bertz CT molecular complexity index is 1180. The van der Waals surface area contributed by atoms with Crippen LogP contribution >= 0.6 is 11.3 Å². The molecule has 8 heteroatoms. The van der Waals surface area contributed by atoms with Gasteiger partial charge < -0.3 is 5.32 Å². The number of hydrogen-bond donors (Lipinski definition) is 1. The Hall–Kier alpha value is -3.83. The van der Waals surface area contributed by atoms with E-state index in [0.717, 1.165) is 28.2 Å². The van der Waals surface area contributed by atoms with E-state index >= 15 is 0 Å². The van der Waals surface area contributed by atoms with Gasteiger partial charge in [0.1, 0.15) is 17.5 Å². The van der Waals surface area contributed by atoms with E-state index < -0.39 is 17.6 Å². The average Bonchev–Trinajstić information content (AvgIpc) is 3.21. The van der Waals surface area contributed by atoms with Crippen molar-refractivity contribution < 1.29 is 14.0 Å². The number of nitrogens with one attached hydrogen (secondary N) is 1. The number of para-hydroxylation sites is 1. The second-order valence-electron chi connectivity index (χ2n) is 6.54. The van der Waals surface area contributed by atoms with Crippen LogP contribution in [0.3, 0.4) is 0 Å². The van der Waals surface area contributed by atoms with E-state index in [9.17, 15) is 19.2 Å². The fraction of sp³-hybridized carbons (Fsp3) is 0.130. The number of hydrogen-bond acceptors (Lipinski definition) is 5. The third-order valence-corrected chi connectivity index (χ3v) is 5.23. The monoisotopic (exact) mass is 434 g/mol. The van der Waals surface area contributed by atoms with Crippen molar-refractivity contribution in [3.8, 4) is 6.07 Å². The normalized spacial score (nSPS) is 11.0. The number of rotatable bonds is 6. The molecule has 0 aliphatic heterocycles. The van der Waals surface area contributed by atoms with Crippen LogP contribution in [0.15, 0.2) is 59.5 Å². The molecule has 0 unspecified atom stereocenters. The third-order valence-electron chi connectivity index (χ3n) is 4.39. The van der Waals surface area contributed by atoms with Crippen LogP contribution in [0, 0.1) is 17.1 Å². The summed E-state index contributed by atoms with van der Waals surface area (Å²) in [4.78, 5) is 30.1. The zero-order valence-corrected chi connectivity index (χ0v) is 17.7. The highest BCUT2D eigenvalue weighted by Crippen LogP contribution is 2.31. The van der Waals surface area contributed by atoms with E-state index in [0.29, 0.717) is 11.4 Å². The van der Waals surface area contributed by atoms with Gasteiger partial charge in [-0.1, -0.05) is 31.2 Å². The Balaban J connectivity index is 1.84. The first-order valence-corrected chi connectivity index (χ1v) is 10.3. The molecule has 0 spiro atoms. The zero-order chi connectivity index (χ0) is 22.4. The fourth-order valence-electron chi connectivity index (χ4n) is 2.80. The van der Waals surface area contributed by atoms with Gasteiger partial charge in [-0.3, -0.25) is 14.5 Å². The molecule has 2 amide bonds. The number of anilines is 3. The van der Waals surface area contributed by atoms with Gasteiger partial charge in [0, 0.05) is 18.0 Å². The molecule has 0 aliphatic carbocycles. The molecule has 156 valence electrons. The Kier molecular flexibility index (Phi) is 6.90. The van der Waals surface area contributed by atoms with Crippen molar-refractivity contribution >= 4 is 45.7 Å². The largest absolute Gasteiger partial charge is 0.321 e. The van der Waals surface area contributed by atoms with E-state index in [-0.39, 0.29) is 16.4 Å². The van der Waals surface area contributed by atoms with Gasteiger partial charge >= 0.3 is 0 Å². The molecular weight excluding hydrogens is 415 g/mol. The molecular formula is C23H19FN4O2S. The van der Waals surface area contributed by atoms with Gasteiger partial charge in [-0.25, -0.2) is 9.37 Å². The Morgan fingerprint density at radius 2 is 1.94 bits per heavy atom. The predicted octanol–water partition coefficient (Wildman–Crippen LogP) is 5.07. The maximum Gasteiger partial charge on any atom is 0.266 e. The van der Waals surface area contributed by atoms with Gasteiger partial charge in [0.05, 0.1) is 11.4 Å². The van der Waals surface area contributed by atoms with E-state index in [4.69, 9.17) is 0 Å². The van der Waals surface area contributed by atoms with Crippen molar-refractivity contribution in [1.82, 2.24) is 4.98 Å². The van der Waals surface area contributed by atoms with Crippen molar-refractivity contribution in [2.45, 2.75) is 20.3 Å². The number of aryl methyl sites for hydroxylation is 1. The first-order valence-electron chi connectivity index (χ1n) is 9.45. The van der Waals surface area contributed by atoms with Crippen LogP contribution in [0.4, 0.5) is 20.9 Å². The molecule has 0 aliphatic rings. The number of nitrogens with zero attached hydrogens (tertiary/aromatic N) is 3. The highest BCUT2D eigenvalue weighted by atomic mass is 32.1. The first-order chi connectivity index (χ1) is 14.9. The van der Waals surface area contributed by atoms with Gasteiger partial charge in [-0.05, 0) is 42.3 Å². The highest BCUT2D eigenvalue weighted by molar-refractivity contribution is 7.14. The Morgan fingerprint density at radius 3 is 2.55 bits per heavy atom. The molecule has 1 N–H and O–H groups in total. The van der Waals surface area contributed by atoms with Gasteiger partial charge in [-0.2, -0.15) is 5.26 Å². The Labute approximate surface area is 183 Å². The van der Waals surface area contributed by atoms with Crippen LogP contribution in [-0.4, -0.2) is 16.8 Å². The molecule has 3 rings (SSSR count). The summed E-state index contributed by atoms with van der Waals surface area (Å²) in [5, 5.41) is 13.9. The van der Waals surface area contributed by atoms with Crippen LogP contribution in [0.5, 0.6) is 0 Å². The summed E-state index contributed by atoms with van der Waals surface area (Å²) in [6, 6.07) is 15.1. The van der Waals surface area contributed by atoms with E-state index in [1.54, 1.807) is 23.6 Å². The van der Waals surface area contributed by atoms with Gasteiger partial charge in [-0.15, -0.1) is 11.3 Å². The molecule has 0 saturated carbocycles. The smallest absolute Gasteiger partial charge is 0.266 e. The fourth-order valence-corrected chi connectivity index (χ4v) is 3.64. The minimum atomic E-state index is -0.571. The van der Waals surface area contributed by atoms with Crippen LogP contribution in [0.1, 0.15) is 25.1 Å². The van der Waals surface area contributed by atoms with Crippen LogP contribution < -0.4 is 10.2 Å². The second-order valence-corrected chi connectivity index (χ2v) is 7.37. The molecule has 0 fully saturated rings. The molecule has 1 aromatic heterocycles. The summed E-state index contributed by atoms with van der Waals surface area (Å²) >= 11 is 1.10. The lowest BCUT2D eigenvalue weighted by Gasteiger charge is -2.18. The number of thiazole rings is 1. The summed E-state index contributed by atoms with van der Waals surface area (Å²) in [6.45, 7) is 3.34. The van der Waals surface area contributed by atoms with Gasteiger partial charge in [0.15, 0.2) is 5.13 Å². The van der Waals surface area contributed by atoms with Gasteiger partial charge in [0.25, 0.3) is 5.91 Å². The maximum atomic E-state index is 14.2. The van der Waals surface area contributed by atoms with Crippen LogP contribution in [-0.2, 0) is 16.0 Å². The SMILES string of the molecule is CCc1ccc(NC(=O)/C(C#N)=C/c2csc(N(C(C)=O)c3ccccc3F)n2)cc1. The minimum Gasteiger partial charge on any atom is -0.321 e. The number of carbonyl (C=O) groups excluding carboxylic acids is 2. The molecule has 6 nitrogen and oxygen atoms in total. The lowest BCUT2D eigenvalue weighted by Crippen LogP contribution is -2.23. The maximum absolute atomic E-state index is 14.2. The number of benzene rings is 2. The zero-order valence-electron chi connectivity index (χ0n) is 16.9. The summed E-state index contributed by atoms with van der Waals surface area (Å²) in [5.74, 6) is -1.54. The molecule has 1 heterocycles. The number of halogens is 1. The summed E-state index contributed by atoms with van der Waals surface area (Å²) in [6.07, 6.45) is 2.21. The highest BCUT2D eigenvalue weighted by Gasteiger charge is 2.21. The summed E-state index contributed by atoms with van der Waals surface area (Å²) in [7, 11) is 0. The molecule has 31 heavy (non-hydrogen) atoms. The standard InChI is InChI=1S/C23H19FN4O2S/c1-3-16-8-10-18(11-9-16)26-22(30)17(13-25)12-19-14-31-23(27-19)28(15(2)29)21-7-5-4-6-20(21)24/h4-12,14H,3H2,1-2H3,(H,26,30)/b17-12+. The number of carbonyl (C=O) groups is 2. The van der Waals surface area contributed by atoms with Gasteiger partial charge in [0.2, 0.25) is 5.91 Å². The van der Waals surface area contributed by atoms with Crippen molar-refractivity contribution in [2.75, 3.05) is 10.2 Å². The van der Waals surface area contributed by atoms with Crippen molar-refractivity contribution in [3.63, 3.8) is 0 Å². The molecule has 0 bridgehead atoms. The van der Waals surface area contributed by atoms with Crippen LogP contribution in [0.25, 0.3) is 6.08 Å². The molecule has 0 saturated heterocycles. The average molecular weight is 434 g/mol. The van der Waals surface area contributed by atoms with E-state index in [2.05, 4.69) is 10.3 Å². The van der Waals surface area contributed by atoms with E-state index in [1.165, 1.54) is 31.2 Å². The van der Waals surface area contributed by atoms with Crippen LogP contribution in [0.2, 0.25) is 0 Å². The van der Waals surface area contributed by atoms with Crippen molar-refractivity contribution in [2.24, 2.45) is 0 Å². The summed E-state index contributed by atoms with van der Waals surface area (Å²) < 4.78 is 14.2. The molecule has 0 atom stereocenters. The quantitative estimate of drug-likeness (QED) is 0.433.